The maximum atomic E-state index is 13.7. The summed E-state index contributed by atoms with van der Waals surface area (Å²) in [5, 5.41) is 6.71. The van der Waals surface area contributed by atoms with Crippen molar-refractivity contribution in [3.8, 4) is 11.1 Å². The molecule has 1 unspecified atom stereocenters. The highest BCUT2D eigenvalue weighted by molar-refractivity contribution is 7.08. The van der Waals surface area contributed by atoms with Crippen LogP contribution >= 0.6 is 11.3 Å². The van der Waals surface area contributed by atoms with E-state index in [-0.39, 0.29) is 11.9 Å². The van der Waals surface area contributed by atoms with Gasteiger partial charge in [0.05, 0.1) is 5.69 Å². The Kier molecular flexibility index (Phi) is 6.89. The van der Waals surface area contributed by atoms with Crippen molar-refractivity contribution in [1.29, 1.82) is 0 Å². The van der Waals surface area contributed by atoms with Gasteiger partial charge in [-0.3, -0.25) is 5.32 Å². The predicted molar refractivity (Wildman–Crippen MR) is 110 cm³/mol. The summed E-state index contributed by atoms with van der Waals surface area (Å²) in [6, 6.07) is 6.32. The van der Waals surface area contributed by atoms with Crippen LogP contribution < -0.4 is 5.32 Å². The summed E-state index contributed by atoms with van der Waals surface area (Å²) in [5.41, 5.74) is 2.14. The summed E-state index contributed by atoms with van der Waals surface area (Å²) >= 11 is 1.54. The monoisotopic (exact) mass is 389 g/mol. The quantitative estimate of drug-likeness (QED) is 0.554. The lowest BCUT2D eigenvalue weighted by molar-refractivity contribution is 0.0852. The van der Waals surface area contributed by atoms with Gasteiger partial charge in [0.25, 0.3) is 0 Å². The zero-order valence-electron chi connectivity index (χ0n) is 16.0. The summed E-state index contributed by atoms with van der Waals surface area (Å²) in [6.45, 7) is 4.42. The van der Waals surface area contributed by atoms with Gasteiger partial charge in [-0.2, -0.15) is 11.3 Å². The Labute approximate surface area is 164 Å². The number of hydrogen-bond donors (Lipinski definition) is 1. The molecule has 0 aliphatic heterocycles. The van der Waals surface area contributed by atoms with Gasteiger partial charge in [-0.1, -0.05) is 39.5 Å². The fourth-order valence-electron chi connectivity index (χ4n) is 3.96. The van der Waals surface area contributed by atoms with E-state index >= 15 is 0 Å². The Morgan fingerprint density at radius 3 is 2.48 bits per heavy atom. The first-order chi connectivity index (χ1) is 13.1. The standard InChI is InChI=1S/C22H28FNO2S/c1-3-15-5-6-16(4-2)12-19(11-15)26-22(25)24-21-8-7-18(23)13-20(21)17-9-10-27-14-17/h7-10,13-16,19H,3-6,11-12H2,1-2H3,(H,24,25)/t15-,16+,19?. The summed E-state index contributed by atoms with van der Waals surface area (Å²) in [5.74, 6) is 0.911. The molecule has 0 spiro atoms. The van der Waals surface area contributed by atoms with Crippen LogP contribution in [0.25, 0.3) is 11.1 Å². The maximum absolute atomic E-state index is 13.7. The number of ether oxygens (including phenoxy) is 1. The number of amides is 1. The number of anilines is 1. The van der Waals surface area contributed by atoms with Gasteiger partial charge in [0.2, 0.25) is 0 Å². The van der Waals surface area contributed by atoms with E-state index in [4.69, 9.17) is 4.74 Å². The number of halogens is 1. The average Bonchev–Trinajstić information content (AvgIpc) is 3.11. The molecule has 1 aromatic heterocycles. The number of carbonyl (C=O) groups excluding carboxylic acids is 1. The minimum atomic E-state index is -0.449. The van der Waals surface area contributed by atoms with Crippen molar-refractivity contribution in [3.63, 3.8) is 0 Å². The van der Waals surface area contributed by atoms with Crippen molar-refractivity contribution in [3.05, 3.63) is 40.8 Å². The molecule has 3 rings (SSSR count). The Morgan fingerprint density at radius 2 is 1.89 bits per heavy atom. The second kappa shape index (κ2) is 9.36. The molecule has 1 amide bonds. The lowest BCUT2D eigenvalue weighted by Gasteiger charge is -2.21. The van der Waals surface area contributed by atoms with Crippen LogP contribution in [0.5, 0.6) is 0 Å². The second-order valence-electron chi connectivity index (χ2n) is 7.45. The van der Waals surface area contributed by atoms with Crippen LogP contribution in [0.3, 0.4) is 0 Å². The number of thiophene rings is 1. The molecule has 1 aromatic carbocycles. The van der Waals surface area contributed by atoms with Crippen molar-refractivity contribution in [2.75, 3.05) is 5.32 Å². The van der Waals surface area contributed by atoms with Gasteiger partial charge in [-0.05, 0) is 65.3 Å². The molecule has 0 saturated heterocycles. The average molecular weight is 390 g/mol. The highest BCUT2D eigenvalue weighted by Crippen LogP contribution is 2.34. The number of nitrogens with one attached hydrogen (secondary N) is 1. The third-order valence-corrected chi connectivity index (χ3v) is 6.34. The fraction of sp³-hybridized carbons (Fsp3) is 0.500. The molecule has 3 atom stereocenters. The Hall–Kier alpha value is -1.88. The topological polar surface area (TPSA) is 38.3 Å². The van der Waals surface area contributed by atoms with Crippen molar-refractivity contribution in [2.45, 2.75) is 58.5 Å². The molecular formula is C22H28FNO2S. The van der Waals surface area contributed by atoms with Gasteiger partial charge < -0.3 is 4.74 Å². The highest BCUT2D eigenvalue weighted by Gasteiger charge is 2.27. The molecule has 5 heteroatoms. The summed E-state index contributed by atoms with van der Waals surface area (Å²) in [7, 11) is 0. The van der Waals surface area contributed by atoms with Crippen LogP contribution in [-0.4, -0.2) is 12.2 Å². The molecule has 3 nitrogen and oxygen atoms in total. The molecule has 0 bridgehead atoms. The van der Waals surface area contributed by atoms with Crippen LogP contribution in [0.2, 0.25) is 0 Å². The first kappa shape index (κ1) is 19.9. The molecule has 1 aliphatic carbocycles. The lowest BCUT2D eigenvalue weighted by atomic mass is 9.95. The number of hydrogen-bond acceptors (Lipinski definition) is 3. The van der Waals surface area contributed by atoms with Crippen molar-refractivity contribution in [2.24, 2.45) is 11.8 Å². The number of rotatable bonds is 5. The van der Waals surface area contributed by atoms with E-state index in [1.165, 1.54) is 36.3 Å². The minimum Gasteiger partial charge on any atom is -0.446 e. The molecule has 1 heterocycles. The predicted octanol–water partition coefficient (Wildman–Crippen LogP) is 7.10. The normalized spacial score (nSPS) is 22.9. The van der Waals surface area contributed by atoms with Crippen LogP contribution in [0, 0.1) is 17.7 Å². The molecule has 1 N–H and O–H groups in total. The third kappa shape index (κ3) is 5.32. The Bertz CT molecular complexity index is 733. The largest absolute Gasteiger partial charge is 0.446 e. The maximum Gasteiger partial charge on any atom is 0.411 e. The molecule has 1 fully saturated rings. The molecule has 2 aromatic rings. The molecule has 1 aliphatic rings. The molecule has 27 heavy (non-hydrogen) atoms. The smallest absolute Gasteiger partial charge is 0.411 e. The first-order valence-corrected chi connectivity index (χ1v) is 10.8. The fourth-order valence-corrected chi connectivity index (χ4v) is 4.61. The molecule has 1 saturated carbocycles. The van der Waals surface area contributed by atoms with Crippen LogP contribution in [-0.2, 0) is 4.74 Å². The third-order valence-electron chi connectivity index (χ3n) is 5.65. The van der Waals surface area contributed by atoms with E-state index in [0.717, 1.165) is 31.2 Å². The van der Waals surface area contributed by atoms with Crippen molar-refractivity contribution < 1.29 is 13.9 Å². The van der Waals surface area contributed by atoms with Gasteiger partial charge in [0, 0.05) is 5.56 Å². The second-order valence-corrected chi connectivity index (χ2v) is 8.23. The van der Waals surface area contributed by atoms with E-state index in [1.807, 2.05) is 16.8 Å². The summed E-state index contributed by atoms with van der Waals surface area (Å²) in [6.07, 6.45) is 6.05. The number of benzene rings is 1. The van der Waals surface area contributed by atoms with E-state index < -0.39 is 6.09 Å². The van der Waals surface area contributed by atoms with Gasteiger partial charge in [-0.15, -0.1) is 0 Å². The molecular weight excluding hydrogens is 361 g/mol. The van der Waals surface area contributed by atoms with Crippen LogP contribution in [0.15, 0.2) is 35.0 Å². The zero-order valence-corrected chi connectivity index (χ0v) is 16.9. The van der Waals surface area contributed by atoms with Gasteiger partial charge in [0.15, 0.2) is 0 Å². The van der Waals surface area contributed by atoms with E-state index in [0.29, 0.717) is 23.1 Å². The van der Waals surface area contributed by atoms with Gasteiger partial charge >= 0.3 is 6.09 Å². The lowest BCUT2D eigenvalue weighted by Crippen LogP contribution is -2.25. The zero-order chi connectivity index (χ0) is 19.2. The SMILES string of the molecule is CC[C@@H]1CC[C@H](CC)CC(OC(=O)Nc2ccc(F)cc2-c2ccsc2)C1. The van der Waals surface area contributed by atoms with E-state index in [1.54, 1.807) is 6.07 Å². The van der Waals surface area contributed by atoms with Gasteiger partial charge in [0.1, 0.15) is 11.9 Å². The molecule has 0 radical (unpaired) electrons. The minimum absolute atomic E-state index is 0.0487. The van der Waals surface area contributed by atoms with Gasteiger partial charge in [-0.25, -0.2) is 9.18 Å². The van der Waals surface area contributed by atoms with E-state index in [2.05, 4.69) is 19.2 Å². The van der Waals surface area contributed by atoms with Crippen molar-refractivity contribution >= 4 is 23.1 Å². The molecule has 146 valence electrons. The van der Waals surface area contributed by atoms with Crippen LogP contribution in [0.1, 0.15) is 52.4 Å². The summed E-state index contributed by atoms with van der Waals surface area (Å²) in [4.78, 5) is 12.6. The van der Waals surface area contributed by atoms with E-state index in [9.17, 15) is 9.18 Å². The Morgan fingerprint density at radius 1 is 1.19 bits per heavy atom. The van der Waals surface area contributed by atoms with Crippen molar-refractivity contribution in [1.82, 2.24) is 0 Å². The first-order valence-electron chi connectivity index (χ1n) is 9.88. The Balaban J connectivity index is 1.70. The van der Waals surface area contributed by atoms with Crippen LogP contribution in [0.4, 0.5) is 14.9 Å². The highest BCUT2D eigenvalue weighted by atomic mass is 32.1. The number of carbonyl (C=O) groups is 1. The summed E-state index contributed by atoms with van der Waals surface area (Å²) < 4.78 is 19.5.